The number of hydrogen-bond donors (Lipinski definition) is 0. The number of carbonyl (C=O) groups is 1. The average molecular weight is 560 g/mol. The Bertz CT molecular complexity index is 1350. The second-order valence-corrected chi connectivity index (χ2v) is 10.2. The molecule has 0 saturated carbocycles. The van der Waals surface area contributed by atoms with Crippen LogP contribution in [-0.4, -0.2) is 86.4 Å². The maximum atomic E-state index is 14.8. The fourth-order valence-corrected chi connectivity index (χ4v) is 4.87. The van der Waals surface area contributed by atoms with Crippen LogP contribution in [0.25, 0.3) is 11.4 Å². The third kappa shape index (κ3) is 7.93. The number of aromatic nitrogens is 2. The number of anilines is 1. The number of benzene rings is 2. The third-order valence-corrected chi connectivity index (χ3v) is 7.21. The lowest BCUT2D eigenvalue weighted by atomic mass is 10.0. The van der Waals surface area contributed by atoms with Crippen molar-refractivity contribution in [1.29, 1.82) is 5.26 Å². The van der Waals surface area contributed by atoms with Gasteiger partial charge in [-0.15, -0.1) is 0 Å². The van der Waals surface area contributed by atoms with E-state index >= 15 is 0 Å². The number of nitriles is 1. The van der Waals surface area contributed by atoms with E-state index in [1.165, 1.54) is 0 Å². The van der Waals surface area contributed by atoms with Crippen LogP contribution in [-0.2, 0) is 38.5 Å². The molecule has 3 heterocycles. The number of halogens is 1. The van der Waals surface area contributed by atoms with Crippen LogP contribution in [0.5, 0.6) is 0 Å². The first-order chi connectivity index (χ1) is 20.1. The molecule has 2 fully saturated rings. The summed E-state index contributed by atoms with van der Waals surface area (Å²) in [5.74, 6) is -0.233. The minimum atomic E-state index is -0.718. The lowest BCUT2D eigenvalue weighted by molar-refractivity contribution is -0.117. The van der Waals surface area contributed by atoms with Gasteiger partial charge in [-0.1, -0.05) is 48.5 Å². The van der Waals surface area contributed by atoms with Crippen molar-refractivity contribution < 1.29 is 23.4 Å². The van der Waals surface area contributed by atoms with Gasteiger partial charge in [0.1, 0.15) is 11.9 Å². The number of rotatable bonds is 11. The molecule has 3 aromatic rings. The number of hydrogen-bond acceptors (Lipinski definition) is 9. The summed E-state index contributed by atoms with van der Waals surface area (Å²) in [6, 6.07) is 17.1. The highest BCUT2D eigenvalue weighted by molar-refractivity contribution is 5.83. The van der Waals surface area contributed by atoms with E-state index < -0.39 is 5.82 Å². The molecule has 0 unspecified atom stereocenters. The molecule has 10 heteroatoms. The van der Waals surface area contributed by atoms with Crippen molar-refractivity contribution in [2.24, 2.45) is 0 Å². The van der Waals surface area contributed by atoms with Gasteiger partial charge in [-0.05, 0) is 16.7 Å². The van der Waals surface area contributed by atoms with Crippen molar-refractivity contribution in [1.82, 2.24) is 14.9 Å². The van der Waals surface area contributed by atoms with E-state index in [-0.39, 0.29) is 23.1 Å². The molecule has 0 bridgehead atoms. The molecule has 1 aromatic heterocycles. The van der Waals surface area contributed by atoms with E-state index in [9.17, 15) is 14.4 Å². The highest BCUT2D eigenvalue weighted by Crippen LogP contribution is 2.25. The summed E-state index contributed by atoms with van der Waals surface area (Å²) >= 11 is 0. The molecule has 0 N–H and O–H groups in total. The van der Waals surface area contributed by atoms with Crippen LogP contribution in [0.2, 0.25) is 0 Å². The van der Waals surface area contributed by atoms with Crippen molar-refractivity contribution in [2.45, 2.75) is 19.4 Å². The lowest BCUT2D eigenvalue weighted by Gasteiger charge is -2.28. The molecule has 41 heavy (non-hydrogen) atoms. The molecule has 2 aliphatic heterocycles. The zero-order chi connectivity index (χ0) is 28.4. The van der Waals surface area contributed by atoms with Gasteiger partial charge in [0.05, 0.1) is 39.6 Å². The highest BCUT2D eigenvalue weighted by Gasteiger charge is 2.22. The Balaban J connectivity index is 1.13. The van der Waals surface area contributed by atoms with Gasteiger partial charge >= 0.3 is 0 Å². The standard InChI is InChI=1S/C31H34FN5O4/c32-29-28(21-33)34-30(35-31(29)37-12-17-40-18-13-37)26-7-5-24(6-8-26)20-27(38)19-23-1-3-25(4-2-23)22-41-16-11-36-9-14-39-15-10-36/h1-8H,9-20,22H2. The van der Waals surface area contributed by atoms with Crippen molar-refractivity contribution in [2.75, 3.05) is 70.7 Å². The van der Waals surface area contributed by atoms with E-state index in [0.29, 0.717) is 57.9 Å². The second-order valence-electron chi connectivity index (χ2n) is 10.2. The summed E-state index contributed by atoms with van der Waals surface area (Å²) in [5, 5.41) is 9.41. The topological polar surface area (TPSA) is 101 Å². The Labute approximate surface area is 239 Å². The molecule has 5 rings (SSSR count). The van der Waals surface area contributed by atoms with Gasteiger partial charge in [-0.2, -0.15) is 9.65 Å². The molecule has 2 aliphatic rings. The largest absolute Gasteiger partial charge is 0.379 e. The summed E-state index contributed by atoms with van der Waals surface area (Å²) in [6.07, 6.45) is 0.634. The van der Waals surface area contributed by atoms with Crippen molar-refractivity contribution >= 4 is 11.6 Å². The Morgan fingerprint density at radius 2 is 1.46 bits per heavy atom. The fourth-order valence-electron chi connectivity index (χ4n) is 4.87. The van der Waals surface area contributed by atoms with Crippen molar-refractivity contribution in [3.05, 3.63) is 76.7 Å². The molecular formula is C31H34FN5O4. The quantitative estimate of drug-likeness (QED) is 0.328. The maximum absolute atomic E-state index is 14.8. The molecule has 2 aromatic carbocycles. The molecule has 0 amide bonds. The van der Waals surface area contributed by atoms with Crippen LogP contribution >= 0.6 is 0 Å². The summed E-state index contributed by atoms with van der Waals surface area (Å²) in [6.45, 7) is 7.55. The van der Waals surface area contributed by atoms with Gasteiger partial charge in [-0.25, -0.2) is 9.97 Å². The number of ether oxygens (including phenoxy) is 3. The van der Waals surface area contributed by atoms with Crippen molar-refractivity contribution in [3.8, 4) is 17.5 Å². The SMILES string of the molecule is N#Cc1nc(-c2ccc(CC(=O)Cc3ccc(COCCN4CCOCC4)cc3)cc2)nc(N2CCOCC2)c1F. The molecule has 0 atom stereocenters. The summed E-state index contributed by atoms with van der Waals surface area (Å²) < 4.78 is 31.3. The predicted octanol–water partition coefficient (Wildman–Crippen LogP) is 3.19. The Kier molecular flexibility index (Phi) is 9.99. The van der Waals surface area contributed by atoms with Crippen molar-refractivity contribution in [3.63, 3.8) is 0 Å². The zero-order valence-electron chi connectivity index (χ0n) is 23.1. The molecule has 0 aliphatic carbocycles. The fraction of sp³-hybridized carbons (Fsp3) is 0.419. The third-order valence-electron chi connectivity index (χ3n) is 7.21. The summed E-state index contributed by atoms with van der Waals surface area (Å²) in [7, 11) is 0. The highest BCUT2D eigenvalue weighted by atomic mass is 19.1. The minimum Gasteiger partial charge on any atom is -0.379 e. The molecule has 0 radical (unpaired) electrons. The van der Waals surface area contributed by atoms with Crippen LogP contribution < -0.4 is 4.90 Å². The number of Topliss-reactive ketones (excluding diaryl/α,β-unsaturated/α-hetero) is 1. The Hall–Kier alpha value is -3.75. The van der Waals surface area contributed by atoms with Gasteiger partial charge in [0.25, 0.3) is 0 Å². The number of nitrogens with zero attached hydrogens (tertiary/aromatic N) is 5. The van der Waals surface area contributed by atoms with E-state index in [1.807, 2.05) is 42.5 Å². The van der Waals surface area contributed by atoms with Crippen LogP contribution in [0.1, 0.15) is 22.4 Å². The maximum Gasteiger partial charge on any atom is 0.202 e. The molecule has 2 saturated heterocycles. The van der Waals surface area contributed by atoms with Crippen LogP contribution in [0, 0.1) is 17.1 Å². The van der Waals surface area contributed by atoms with Crippen LogP contribution in [0.15, 0.2) is 48.5 Å². The van der Waals surface area contributed by atoms with Gasteiger partial charge in [-0.3, -0.25) is 9.69 Å². The van der Waals surface area contributed by atoms with E-state index in [4.69, 9.17) is 14.2 Å². The Morgan fingerprint density at radius 3 is 2.10 bits per heavy atom. The predicted molar refractivity (Wildman–Crippen MR) is 151 cm³/mol. The lowest BCUT2D eigenvalue weighted by Crippen LogP contribution is -2.38. The average Bonchev–Trinajstić information content (AvgIpc) is 3.01. The normalized spacial score (nSPS) is 16.0. The van der Waals surface area contributed by atoms with Gasteiger partial charge in [0.2, 0.25) is 5.82 Å². The summed E-state index contributed by atoms with van der Waals surface area (Å²) in [4.78, 5) is 25.4. The minimum absolute atomic E-state index is 0.103. The molecule has 9 nitrogen and oxygen atoms in total. The Morgan fingerprint density at radius 1 is 0.878 bits per heavy atom. The van der Waals surface area contributed by atoms with Gasteiger partial charge in [0, 0.05) is 51.1 Å². The summed E-state index contributed by atoms with van der Waals surface area (Å²) in [5.41, 5.74) is 3.26. The van der Waals surface area contributed by atoms with E-state index in [1.54, 1.807) is 17.0 Å². The second kappa shape index (κ2) is 14.2. The van der Waals surface area contributed by atoms with Gasteiger partial charge < -0.3 is 19.1 Å². The zero-order valence-corrected chi connectivity index (χ0v) is 23.1. The van der Waals surface area contributed by atoms with E-state index in [2.05, 4.69) is 14.9 Å². The van der Waals surface area contributed by atoms with E-state index in [0.717, 1.165) is 49.5 Å². The van der Waals surface area contributed by atoms with Crippen LogP contribution in [0.4, 0.5) is 10.2 Å². The number of carbonyl (C=O) groups excluding carboxylic acids is 1. The molecule has 214 valence electrons. The first kappa shape index (κ1) is 28.8. The number of morpholine rings is 2. The van der Waals surface area contributed by atoms with Gasteiger partial charge in [0.15, 0.2) is 17.3 Å². The smallest absolute Gasteiger partial charge is 0.202 e. The molecular weight excluding hydrogens is 525 g/mol. The monoisotopic (exact) mass is 559 g/mol. The number of ketones is 1. The van der Waals surface area contributed by atoms with Crippen LogP contribution in [0.3, 0.4) is 0 Å². The first-order valence-corrected chi connectivity index (χ1v) is 14.0. The first-order valence-electron chi connectivity index (χ1n) is 14.0. The molecule has 0 spiro atoms.